The Morgan fingerprint density at radius 3 is 2.68 bits per heavy atom. The van der Waals surface area contributed by atoms with E-state index in [1.165, 1.54) is 5.56 Å². The summed E-state index contributed by atoms with van der Waals surface area (Å²) in [5, 5.41) is 11.9. The molecule has 1 N–H and O–H groups in total. The van der Waals surface area contributed by atoms with Crippen LogP contribution in [0.2, 0.25) is 0 Å². The maximum Gasteiger partial charge on any atom is 0.335 e. The van der Waals surface area contributed by atoms with E-state index < -0.39 is 5.97 Å². The molecule has 0 bridgehead atoms. The maximum absolute atomic E-state index is 11.0. The van der Waals surface area contributed by atoms with E-state index in [1.54, 1.807) is 35.2 Å². The summed E-state index contributed by atoms with van der Waals surface area (Å²) < 4.78 is 0. The molecule has 1 aliphatic rings. The molecule has 0 amide bonds. The van der Waals surface area contributed by atoms with Gasteiger partial charge in [-0.15, -0.1) is 23.1 Å². The largest absolute Gasteiger partial charge is 0.478 e. The number of rotatable bonds is 5. The summed E-state index contributed by atoms with van der Waals surface area (Å²) in [6, 6.07) is 11.0. The first-order chi connectivity index (χ1) is 13.7. The van der Waals surface area contributed by atoms with Crippen LogP contribution in [0.15, 0.2) is 46.8 Å². The monoisotopic (exact) mass is 406 g/mol. The lowest BCUT2D eigenvalue weighted by Gasteiger charge is -2.21. The Kier molecular flexibility index (Phi) is 5.47. The summed E-state index contributed by atoms with van der Waals surface area (Å²) in [5.74, 6) is -0.274. The van der Waals surface area contributed by atoms with Gasteiger partial charge in [-0.05, 0) is 60.4 Å². The van der Waals surface area contributed by atoms with E-state index in [-0.39, 0.29) is 5.56 Å². The molecule has 0 saturated heterocycles. The zero-order chi connectivity index (χ0) is 19.5. The Balaban J connectivity index is 1.70. The Morgan fingerprint density at radius 2 is 2.00 bits per heavy atom. The molecule has 140 valence electrons. The van der Waals surface area contributed by atoms with E-state index >= 15 is 0 Å². The highest BCUT2D eigenvalue weighted by Crippen LogP contribution is 2.45. The van der Waals surface area contributed by atoms with Crippen molar-refractivity contribution in [1.82, 2.24) is 4.98 Å². The van der Waals surface area contributed by atoms with Gasteiger partial charge in [0.15, 0.2) is 0 Å². The van der Waals surface area contributed by atoms with Gasteiger partial charge in [0.1, 0.15) is 5.03 Å². The number of aromatic nitrogens is 1. The van der Waals surface area contributed by atoms with E-state index in [2.05, 4.69) is 16.3 Å². The van der Waals surface area contributed by atoms with Crippen LogP contribution < -0.4 is 0 Å². The number of carbonyl (C=O) groups is 1. The zero-order valence-corrected chi connectivity index (χ0v) is 16.8. The standard InChI is InChI=1S/C22H18N2O2S2/c1-23-20-19(18-7-4-12-27-18)16-5-2-3-6-17(16)24-21(20)28-13-14-8-10-15(11-9-14)22(25)26/h4,7-12H,2-3,5-6,13H2,(H,25,26). The Hall–Kier alpha value is -2.62. The molecule has 0 saturated carbocycles. The van der Waals surface area contributed by atoms with Crippen molar-refractivity contribution in [3.63, 3.8) is 0 Å². The number of thioether (sulfide) groups is 1. The smallest absolute Gasteiger partial charge is 0.335 e. The number of aryl methyl sites for hydroxylation is 1. The molecule has 0 radical (unpaired) electrons. The van der Waals surface area contributed by atoms with Gasteiger partial charge in [0.05, 0.1) is 12.1 Å². The molecule has 2 heterocycles. The number of benzene rings is 1. The van der Waals surface area contributed by atoms with Crippen LogP contribution in [0.25, 0.3) is 15.3 Å². The van der Waals surface area contributed by atoms with Crippen molar-refractivity contribution in [2.75, 3.05) is 0 Å². The van der Waals surface area contributed by atoms with E-state index in [0.717, 1.165) is 52.4 Å². The number of nitrogens with zero attached hydrogens (tertiary/aromatic N) is 2. The van der Waals surface area contributed by atoms with Gasteiger partial charge >= 0.3 is 5.97 Å². The first-order valence-electron chi connectivity index (χ1n) is 9.09. The van der Waals surface area contributed by atoms with Gasteiger partial charge in [0.25, 0.3) is 0 Å². The quantitative estimate of drug-likeness (QED) is 0.403. The van der Waals surface area contributed by atoms with Crippen LogP contribution in [0.4, 0.5) is 5.69 Å². The summed E-state index contributed by atoms with van der Waals surface area (Å²) in [4.78, 5) is 20.9. The molecule has 4 rings (SSSR count). The predicted molar refractivity (Wildman–Crippen MR) is 113 cm³/mol. The van der Waals surface area contributed by atoms with Crippen molar-refractivity contribution in [3.05, 3.63) is 75.6 Å². The molecule has 2 aromatic heterocycles. The molecule has 1 aromatic carbocycles. The van der Waals surface area contributed by atoms with Gasteiger partial charge in [0.2, 0.25) is 5.69 Å². The van der Waals surface area contributed by atoms with E-state index in [0.29, 0.717) is 11.4 Å². The summed E-state index contributed by atoms with van der Waals surface area (Å²) in [5.41, 5.74) is 5.39. The number of fused-ring (bicyclic) bond motifs is 1. The summed E-state index contributed by atoms with van der Waals surface area (Å²) >= 11 is 3.23. The second kappa shape index (κ2) is 8.17. The lowest BCUT2D eigenvalue weighted by molar-refractivity contribution is 0.0697. The van der Waals surface area contributed by atoms with Gasteiger partial charge in [-0.3, -0.25) is 4.98 Å². The van der Waals surface area contributed by atoms with Crippen molar-refractivity contribution >= 4 is 34.8 Å². The number of hydrogen-bond donors (Lipinski definition) is 1. The van der Waals surface area contributed by atoms with Gasteiger partial charge < -0.3 is 5.11 Å². The van der Waals surface area contributed by atoms with E-state index in [1.807, 2.05) is 18.2 Å². The fraction of sp³-hybridized carbons (Fsp3) is 0.227. The van der Waals surface area contributed by atoms with E-state index in [4.69, 9.17) is 16.7 Å². The van der Waals surface area contributed by atoms with Crippen molar-refractivity contribution in [3.8, 4) is 10.4 Å². The van der Waals surface area contributed by atoms with E-state index in [9.17, 15) is 4.79 Å². The van der Waals surface area contributed by atoms with Crippen LogP contribution in [0, 0.1) is 6.57 Å². The van der Waals surface area contributed by atoms with Crippen LogP contribution in [-0.4, -0.2) is 16.1 Å². The second-order valence-corrected chi connectivity index (χ2v) is 8.56. The van der Waals surface area contributed by atoms with Crippen molar-refractivity contribution in [1.29, 1.82) is 0 Å². The third kappa shape index (κ3) is 3.68. The van der Waals surface area contributed by atoms with Crippen molar-refractivity contribution in [2.24, 2.45) is 0 Å². The molecule has 3 aromatic rings. The average Bonchev–Trinajstić information content (AvgIpc) is 3.25. The third-order valence-electron chi connectivity index (χ3n) is 4.87. The van der Waals surface area contributed by atoms with Crippen LogP contribution in [0.3, 0.4) is 0 Å². The Labute approximate surface area is 172 Å². The average molecular weight is 407 g/mol. The van der Waals surface area contributed by atoms with Gasteiger partial charge in [0, 0.05) is 21.9 Å². The molecule has 0 unspecified atom stereocenters. The van der Waals surface area contributed by atoms with Crippen LogP contribution in [0.1, 0.15) is 40.0 Å². The lowest BCUT2D eigenvalue weighted by atomic mass is 9.91. The highest BCUT2D eigenvalue weighted by molar-refractivity contribution is 7.98. The van der Waals surface area contributed by atoms with Crippen LogP contribution in [0.5, 0.6) is 0 Å². The molecule has 0 spiro atoms. The first kappa shape index (κ1) is 18.7. The van der Waals surface area contributed by atoms with Crippen LogP contribution >= 0.6 is 23.1 Å². The summed E-state index contributed by atoms with van der Waals surface area (Å²) in [7, 11) is 0. The number of carboxylic acid groups (broad SMARTS) is 1. The second-order valence-electron chi connectivity index (χ2n) is 6.65. The molecule has 6 heteroatoms. The molecule has 0 aliphatic heterocycles. The molecule has 4 nitrogen and oxygen atoms in total. The number of carboxylic acids is 1. The molecule has 1 aliphatic carbocycles. The molecule has 28 heavy (non-hydrogen) atoms. The lowest BCUT2D eigenvalue weighted by Crippen LogP contribution is -2.08. The third-order valence-corrected chi connectivity index (χ3v) is 6.80. The van der Waals surface area contributed by atoms with Crippen molar-refractivity contribution < 1.29 is 9.90 Å². The fourth-order valence-corrected chi connectivity index (χ4v) is 5.25. The maximum atomic E-state index is 11.0. The van der Waals surface area contributed by atoms with Crippen molar-refractivity contribution in [2.45, 2.75) is 36.5 Å². The Bertz CT molecular complexity index is 1050. The van der Waals surface area contributed by atoms with Gasteiger partial charge in [-0.1, -0.05) is 18.2 Å². The summed E-state index contributed by atoms with van der Waals surface area (Å²) in [6.07, 6.45) is 4.24. The summed E-state index contributed by atoms with van der Waals surface area (Å²) in [6.45, 7) is 7.81. The highest BCUT2D eigenvalue weighted by atomic mass is 32.2. The number of pyridine rings is 1. The molecule has 0 fully saturated rings. The molecular weight excluding hydrogens is 388 g/mol. The fourth-order valence-electron chi connectivity index (χ4n) is 3.49. The minimum atomic E-state index is -0.925. The highest BCUT2D eigenvalue weighted by Gasteiger charge is 2.23. The number of aromatic carboxylic acids is 1. The Morgan fingerprint density at radius 1 is 1.21 bits per heavy atom. The molecular formula is C22H18N2O2S2. The van der Waals surface area contributed by atoms with Gasteiger partial charge in [-0.25, -0.2) is 9.64 Å². The number of hydrogen-bond acceptors (Lipinski definition) is 4. The minimum absolute atomic E-state index is 0.280. The van der Waals surface area contributed by atoms with Gasteiger partial charge in [-0.2, -0.15) is 0 Å². The predicted octanol–water partition coefficient (Wildman–Crippen LogP) is 6.23. The first-order valence-corrected chi connectivity index (χ1v) is 11.0. The molecule has 0 atom stereocenters. The minimum Gasteiger partial charge on any atom is -0.478 e. The zero-order valence-electron chi connectivity index (χ0n) is 15.1. The number of thiophene rings is 1. The van der Waals surface area contributed by atoms with Crippen LogP contribution in [-0.2, 0) is 18.6 Å². The normalized spacial score (nSPS) is 13.0. The topological polar surface area (TPSA) is 54.5 Å². The SMILES string of the molecule is [C-]#[N+]c1c(SCc2ccc(C(=O)O)cc2)nc2c(c1-c1cccs1)CCCC2.